The molecule has 158 valence electrons. The Morgan fingerprint density at radius 2 is 2.03 bits per heavy atom. The predicted molar refractivity (Wildman–Crippen MR) is 108 cm³/mol. The lowest BCUT2D eigenvalue weighted by atomic mass is 10.2. The molecule has 1 aromatic carbocycles. The second-order valence-electron chi connectivity index (χ2n) is 6.58. The van der Waals surface area contributed by atoms with Crippen LogP contribution in [0.3, 0.4) is 0 Å². The van der Waals surface area contributed by atoms with Crippen molar-refractivity contribution in [2.24, 2.45) is 0 Å². The molecule has 3 rings (SSSR count). The summed E-state index contributed by atoms with van der Waals surface area (Å²) >= 11 is 1.09. The van der Waals surface area contributed by atoms with Gasteiger partial charge in [-0.2, -0.15) is 0 Å². The molecule has 1 aliphatic heterocycles. The average Bonchev–Trinajstić information content (AvgIpc) is 2.90. The summed E-state index contributed by atoms with van der Waals surface area (Å²) in [7, 11) is 0. The van der Waals surface area contributed by atoms with Crippen LogP contribution in [0, 0.1) is 5.82 Å². The second-order valence-corrected chi connectivity index (χ2v) is 7.75. The van der Waals surface area contributed by atoms with E-state index in [1.165, 1.54) is 35.4 Å². The zero-order valence-electron chi connectivity index (χ0n) is 16.3. The number of anilines is 1. The number of halogens is 1. The molecule has 0 aliphatic carbocycles. The molecule has 1 saturated heterocycles. The van der Waals surface area contributed by atoms with E-state index >= 15 is 0 Å². The molecule has 0 bridgehead atoms. The fraction of sp³-hybridized carbons (Fsp3) is 0.350. The quantitative estimate of drug-likeness (QED) is 0.436. The normalized spacial score (nSPS) is 16.8. The van der Waals surface area contributed by atoms with Crippen LogP contribution in [0.15, 0.2) is 35.6 Å². The van der Waals surface area contributed by atoms with Crippen molar-refractivity contribution in [2.45, 2.75) is 36.6 Å². The monoisotopic (exact) mass is 432 g/mol. The number of carbonyl (C=O) groups is 3. The topological polar surface area (TPSA) is 115 Å². The smallest absolute Gasteiger partial charge is 0.343 e. The van der Waals surface area contributed by atoms with Gasteiger partial charge in [0.05, 0.1) is 11.9 Å². The molecule has 30 heavy (non-hydrogen) atoms. The standard InChI is InChI=1S/C20H21FN4O4S/c1-2-29-19(28)14-11-23-20(24-16(14)22)30-15-5-3-4-10-25(18(15)27)17(26)12-6-8-13(21)9-7-12/h6-9,11,15H,2-5,10H2,1H3,(H2,22,23,24). The molecule has 2 N–H and O–H groups in total. The molecule has 1 aromatic heterocycles. The van der Waals surface area contributed by atoms with E-state index in [0.29, 0.717) is 12.8 Å². The molecule has 10 heteroatoms. The Bertz CT molecular complexity index is 954. The number of esters is 1. The molecule has 1 fully saturated rings. The van der Waals surface area contributed by atoms with E-state index in [0.717, 1.165) is 18.2 Å². The van der Waals surface area contributed by atoms with Crippen molar-refractivity contribution in [2.75, 3.05) is 18.9 Å². The van der Waals surface area contributed by atoms with Gasteiger partial charge in [0.2, 0.25) is 5.91 Å². The Hall–Kier alpha value is -3.01. The Labute approximate surface area is 177 Å². The highest BCUT2D eigenvalue weighted by molar-refractivity contribution is 8.00. The minimum Gasteiger partial charge on any atom is -0.462 e. The van der Waals surface area contributed by atoms with Gasteiger partial charge in [0, 0.05) is 18.3 Å². The molecule has 1 unspecified atom stereocenters. The van der Waals surface area contributed by atoms with E-state index in [1.54, 1.807) is 6.92 Å². The van der Waals surface area contributed by atoms with Gasteiger partial charge in [0.25, 0.3) is 5.91 Å². The van der Waals surface area contributed by atoms with Crippen molar-refractivity contribution in [3.63, 3.8) is 0 Å². The van der Waals surface area contributed by atoms with Crippen molar-refractivity contribution in [3.05, 3.63) is 47.4 Å². The zero-order valence-corrected chi connectivity index (χ0v) is 17.2. The van der Waals surface area contributed by atoms with Crippen LogP contribution in [0.4, 0.5) is 10.2 Å². The molecular weight excluding hydrogens is 411 g/mol. The van der Waals surface area contributed by atoms with Crippen molar-refractivity contribution in [3.8, 4) is 0 Å². The third-order valence-electron chi connectivity index (χ3n) is 4.51. The highest BCUT2D eigenvalue weighted by atomic mass is 32.2. The summed E-state index contributed by atoms with van der Waals surface area (Å²) in [6.45, 7) is 2.16. The number of aromatic nitrogens is 2. The first-order valence-electron chi connectivity index (χ1n) is 9.48. The second kappa shape index (κ2) is 9.66. The number of thioether (sulfide) groups is 1. The lowest BCUT2D eigenvalue weighted by Gasteiger charge is -2.22. The van der Waals surface area contributed by atoms with E-state index in [2.05, 4.69) is 9.97 Å². The summed E-state index contributed by atoms with van der Waals surface area (Å²) in [4.78, 5) is 47.0. The van der Waals surface area contributed by atoms with Crippen LogP contribution in [0.5, 0.6) is 0 Å². The summed E-state index contributed by atoms with van der Waals surface area (Å²) in [5.74, 6) is -1.93. The van der Waals surface area contributed by atoms with E-state index < -0.39 is 22.9 Å². The van der Waals surface area contributed by atoms with Gasteiger partial charge < -0.3 is 10.5 Å². The lowest BCUT2D eigenvalue weighted by Crippen LogP contribution is -2.41. The van der Waals surface area contributed by atoms with Crippen molar-refractivity contribution >= 4 is 35.4 Å². The summed E-state index contributed by atoms with van der Waals surface area (Å²) in [6.07, 6.45) is 3.22. The largest absolute Gasteiger partial charge is 0.462 e. The van der Waals surface area contributed by atoms with E-state index in [9.17, 15) is 18.8 Å². The Balaban J connectivity index is 1.76. The molecule has 2 amide bonds. The van der Waals surface area contributed by atoms with E-state index in [4.69, 9.17) is 10.5 Å². The maximum absolute atomic E-state index is 13.1. The van der Waals surface area contributed by atoms with Crippen LogP contribution < -0.4 is 5.73 Å². The van der Waals surface area contributed by atoms with Gasteiger partial charge in [-0.25, -0.2) is 19.2 Å². The van der Waals surface area contributed by atoms with Crippen LogP contribution >= 0.6 is 11.8 Å². The molecule has 0 radical (unpaired) electrons. The first kappa shape index (κ1) is 21.7. The summed E-state index contributed by atoms with van der Waals surface area (Å²) in [6, 6.07) is 5.08. The fourth-order valence-electron chi connectivity index (χ4n) is 2.99. The molecule has 0 saturated carbocycles. The van der Waals surface area contributed by atoms with Gasteiger partial charge in [-0.15, -0.1) is 0 Å². The first-order chi connectivity index (χ1) is 14.4. The van der Waals surface area contributed by atoms with Gasteiger partial charge in [-0.1, -0.05) is 18.2 Å². The molecule has 8 nitrogen and oxygen atoms in total. The number of likely N-dealkylation sites (tertiary alicyclic amines) is 1. The number of carbonyl (C=O) groups excluding carboxylic acids is 3. The lowest BCUT2D eigenvalue weighted by molar-refractivity contribution is -0.127. The maximum atomic E-state index is 13.1. The molecule has 0 spiro atoms. The number of hydrogen-bond acceptors (Lipinski definition) is 8. The average molecular weight is 432 g/mol. The number of ether oxygens (including phenoxy) is 1. The van der Waals surface area contributed by atoms with Crippen LogP contribution in [0.2, 0.25) is 0 Å². The highest BCUT2D eigenvalue weighted by Gasteiger charge is 2.33. The summed E-state index contributed by atoms with van der Waals surface area (Å²) in [5.41, 5.74) is 6.14. The summed E-state index contributed by atoms with van der Waals surface area (Å²) < 4.78 is 18.0. The van der Waals surface area contributed by atoms with Crippen LogP contribution in [-0.4, -0.2) is 51.1 Å². The number of benzene rings is 1. The molecule has 2 aromatic rings. The van der Waals surface area contributed by atoms with E-state index in [1.807, 2.05) is 0 Å². The van der Waals surface area contributed by atoms with Crippen molar-refractivity contribution < 1.29 is 23.5 Å². The van der Waals surface area contributed by atoms with Crippen LogP contribution in [0.1, 0.15) is 46.9 Å². The minimum atomic E-state index is -0.617. The number of imide groups is 1. The fourth-order valence-corrected chi connectivity index (χ4v) is 4.03. The molecule has 1 aliphatic rings. The van der Waals surface area contributed by atoms with Crippen LogP contribution in [0.25, 0.3) is 0 Å². The summed E-state index contributed by atoms with van der Waals surface area (Å²) in [5, 5.41) is -0.347. The number of amides is 2. The van der Waals surface area contributed by atoms with Crippen molar-refractivity contribution in [1.29, 1.82) is 0 Å². The number of rotatable bonds is 5. The number of nitrogens with zero attached hydrogens (tertiary/aromatic N) is 3. The maximum Gasteiger partial charge on any atom is 0.343 e. The Morgan fingerprint density at radius 3 is 2.70 bits per heavy atom. The number of nitrogens with two attached hydrogens (primary N) is 1. The zero-order chi connectivity index (χ0) is 21.7. The van der Waals surface area contributed by atoms with Gasteiger partial charge in [0.1, 0.15) is 17.2 Å². The third-order valence-corrected chi connectivity index (χ3v) is 5.64. The number of hydrogen-bond donors (Lipinski definition) is 1. The van der Waals surface area contributed by atoms with Gasteiger partial charge in [-0.3, -0.25) is 14.5 Å². The van der Waals surface area contributed by atoms with Gasteiger partial charge in [0.15, 0.2) is 5.16 Å². The molecule has 1 atom stereocenters. The van der Waals surface area contributed by atoms with Gasteiger partial charge >= 0.3 is 5.97 Å². The number of nitrogen functional groups attached to an aromatic ring is 1. The third kappa shape index (κ3) is 4.93. The SMILES string of the molecule is CCOC(=O)c1cnc(SC2CCCCN(C(=O)c3ccc(F)cc3)C2=O)nc1N. The van der Waals surface area contributed by atoms with Crippen LogP contribution in [-0.2, 0) is 9.53 Å². The molecule has 2 heterocycles. The van der Waals surface area contributed by atoms with Crippen molar-refractivity contribution in [1.82, 2.24) is 14.9 Å². The first-order valence-corrected chi connectivity index (χ1v) is 10.4. The van der Waals surface area contributed by atoms with Gasteiger partial charge in [-0.05, 0) is 44.0 Å². The Morgan fingerprint density at radius 1 is 1.30 bits per heavy atom. The Kier molecular flexibility index (Phi) is 6.99. The van der Waals surface area contributed by atoms with E-state index in [-0.39, 0.29) is 41.2 Å². The molecular formula is C20H21FN4O4S. The minimum absolute atomic E-state index is 0.0359. The highest BCUT2D eigenvalue weighted by Crippen LogP contribution is 2.29. The predicted octanol–water partition coefficient (Wildman–Crippen LogP) is 2.69.